The molecule has 0 radical (unpaired) electrons. The Hall–Kier alpha value is -2.73. The van der Waals surface area contributed by atoms with E-state index in [0.717, 1.165) is 11.1 Å². The van der Waals surface area contributed by atoms with Gasteiger partial charge >= 0.3 is 0 Å². The van der Waals surface area contributed by atoms with E-state index in [1.165, 1.54) is 7.11 Å². The van der Waals surface area contributed by atoms with Crippen LogP contribution >= 0.6 is 11.6 Å². The number of amides is 2. The molecular formula is C20H21ClN2O4. The predicted molar refractivity (Wildman–Crippen MR) is 105 cm³/mol. The molecule has 1 aliphatic rings. The minimum Gasteiger partial charge on any atom is -0.495 e. The Morgan fingerprint density at radius 2 is 1.96 bits per heavy atom. The number of ether oxygens (including phenoxy) is 2. The molecule has 142 valence electrons. The van der Waals surface area contributed by atoms with E-state index in [1.807, 2.05) is 18.2 Å². The molecule has 1 heterocycles. The lowest BCUT2D eigenvalue weighted by Gasteiger charge is -2.28. The second kappa shape index (κ2) is 7.88. The molecule has 0 fully saturated rings. The summed E-state index contributed by atoms with van der Waals surface area (Å²) >= 11 is 6.28. The fraction of sp³-hybridized carbons (Fsp3) is 0.300. The van der Waals surface area contributed by atoms with Crippen LogP contribution in [0.5, 0.6) is 11.5 Å². The molecule has 0 aliphatic carbocycles. The van der Waals surface area contributed by atoms with Gasteiger partial charge in [0.25, 0.3) is 0 Å². The molecule has 0 bridgehead atoms. The Labute approximate surface area is 162 Å². The van der Waals surface area contributed by atoms with Crippen LogP contribution in [0, 0.1) is 0 Å². The Balaban J connectivity index is 2.09. The first-order chi connectivity index (χ1) is 13.0. The number of halogens is 1. The normalized spacial score (nSPS) is 15.6. The predicted octanol–water partition coefficient (Wildman–Crippen LogP) is 4.18. The topological polar surface area (TPSA) is 76.7 Å². The Kier molecular flexibility index (Phi) is 5.56. The molecule has 2 N–H and O–H groups in total. The van der Waals surface area contributed by atoms with Gasteiger partial charge in [0, 0.05) is 30.5 Å². The fourth-order valence-electron chi connectivity index (χ4n) is 3.19. The van der Waals surface area contributed by atoms with Crippen LogP contribution in [0.3, 0.4) is 0 Å². The fourth-order valence-corrected chi connectivity index (χ4v) is 3.46. The Morgan fingerprint density at radius 3 is 2.59 bits per heavy atom. The lowest BCUT2D eigenvalue weighted by Crippen LogP contribution is -2.24. The highest BCUT2D eigenvalue weighted by Crippen LogP contribution is 2.43. The summed E-state index contributed by atoms with van der Waals surface area (Å²) in [6, 6.07) is 9.07. The van der Waals surface area contributed by atoms with Crippen molar-refractivity contribution >= 4 is 34.8 Å². The van der Waals surface area contributed by atoms with Crippen molar-refractivity contribution in [2.24, 2.45) is 0 Å². The minimum absolute atomic E-state index is 0.0909. The smallest absolute Gasteiger partial charge is 0.225 e. The monoisotopic (exact) mass is 388 g/mol. The molecule has 2 amide bonds. The lowest BCUT2D eigenvalue weighted by molar-refractivity contribution is -0.117. The molecule has 0 saturated heterocycles. The van der Waals surface area contributed by atoms with Crippen molar-refractivity contribution in [3.63, 3.8) is 0 Å². The van der Waals surface area contributed by atoms with Crippen molar-refractivity contribution in [3.05, 3.63) is 46.5 Å². The van der Waals surface area contributed by atoms with Crippen LogP contribution in [0.4, 0.5) is 11.4 Å². The number of anilines is 2. The average Bonchev–Trinajstić information content (AvgIpc) is 2.66. The average molecular weight is 389 g/mol. The molecule has 6 nitrogen and oxygen atoms in total. The second-order valence-corrected chi connectivity index (χ2v) is 6.65. The molecule has 1 aliphatic heterocycles. The highest BCUT2D eigenvalue weighted by Gasteiger charge is 2.29. The summed E-state index contributed by atoms with van der Waals surface area (Å²) in [7, 11) is 3.08. The van der Waals surface area contributed by atoms with Crippen molar-refractivity contribution in [1.29, 1.82) is 0 Å². The molecule has 0 saturated carbocycles. The number of fused-ring (bicyclic) bond motifs is 1. The highest BCUT2D eigenvalue weighted by atomic mass is 35.5. The molecule has 2 aromatic rings. The van der Waals surface area contributed by atoms with E-state index in [2.05, 4.69) is 10.6 Å². The van der Waals surface area contributed by atoms with E-state index >= 15 is 0 Å². The Morgan fingerprint density at radius 1 is 1.22 bits per heavy atom. The van der Waals surface area contributed by atoms with Gasteiger partial charge in [0.1, 0.15) is 11.5 Å². The van der Waals surface area contributed by atoms with Crippen molar-refractivity contribution in [2.75, 3.05) is 24.9 Å². The Bertz CT molecular complexity index is 898. The van der Waals surface area contributed by atoms with Crippen molar-refractivity contribution in [1.82, 2.24) is 0 Å². The number of carbonyl (C=O) groups is 2. The van der Waals surface area contributed by atoms with Gasteiger partial charge in [-0.1, -0.05) is 24.6 Å². The van der Waals surface area contributed by atoms with Crippen molar-refractivity contribution in [2.45, 2.75) is 25.7 Å². The van der Waals surface area contributed by atoms with Gasteiger partial charge in [-0.3, -0.25) is 9.59 Å². The van der Waals surface area contributed by atoms with Crippen LogP contribution < -0.4 is 20.1 Å². The molecular weight excluding hydrogens is 368 g/mol. The molecule has 2 aromatic carbocycles. The van der Waals surface area contributed by atoms with Crippen LogP contribution in [-0.2, 0) is 9.59 Å². The van der Waals surface area contributed by atoms with Crippen LogP contribution in [0.2, 0.25) is 5.02 Å². The summed E-state index contributed by atoms with van der Waals surface area (Å²) in [5, 5.41) is 6.21. The first kappa shape index (κ1) is 19.0. The van der Waals surface area contributed by atoms with E-state index < -0.39 is 0 Å². The van der Waals surface area contributed by atoms with Crippen LogP contribution in [0.25, 0.3) is 0 Å². The third kappa shape index (κ3) is 3.85. The van der Waals surface area contributed by atoms with Crippen LogP contribution in [0.15, 0.2) is 30.3 Å². The van der Waals surface area contributed by atoms with Gasteiger partial charge in [-0.25, -0.2) is 0 Å². The molecule has 1 unspecified atom stereocenters. The van der Waals surface area contributed by atoms with Gasteiger partial charge in [0.2, 0.25) is 11.8 Å². The quantitative estimate of drug-likeness (QED) is 0.805. The summed E-state index contributed by atoms with van der Waals surface area (Å²) in [6.07, 6.45) is 0.637. The van der Waals surface area contributed by atoms with E-state index in [9.17, 15) is 9.59 Å². The summed E-state index contributed by atoms with van der Waals surface area (Å²) in [5.74, 6) is 0.667. The summed E-state index contributed by atoms with van der Waals surface area (Å²) in [4.78, 5) is 24.1. The summed E-state index contributed by atoms with van der Waals surface area (Å²) < 4.78 is 10.6. The van der Waals surface area contributed by atoms with E-state index in [0.29, 0.717) is 34.3 Å². The molecule has 0 aromatic heterocycles. The molecule has 1 atom stereocenters. The highest BCUT2D eigenvalue weighted by molar-refractivity contribution is 6.32. The first-order valence-corrected chi connectivity index (χ1v) is 8.99. The van der Waals surface area contributed by atoms with Crippen LogP contribution in [0.1, 0.15) is 36.8 Å². The third-order valence-corrected chi connectivity index (χ3v) is 4.88. The second-order valence-electron chi connectivity index (χ2n) is 6.24. The number of rotatable bonds is 5. The number of hydrogen-bond acceptors (Lipinski definition) is 4. The summed E-state index contributed by atoms with van der Waals surface area (Å²) in [6.45, 7) is 1.78. The molecule has 27 heavy (non-hydrogen) atoms. The van der Waals surface area contributed by atoms with Crippen LogP contribution in [-0.4, -0.2) is 26.0 Å². The number of carbonyl (C=O) groups excluding carboxylic acids is 2. The number of hydrogen-bond donors (Lipinski definition) is 2. The molecule has 3 rings (SSSR count). The van der Waals surface area contributed by atoms with E-state index in [-0.39, 0.29) is 24.2 Å². The standard InChI is InChI=1S/C20H21ClN2O4/c1-4-19(24)23-16-8-13-12(11-5-6-17(26-2)14(21)7-11)9-20(25)22-15(13)10-18(16)27-3/h5-8,10,12H,4,9H2,1-3H3,(H,22,25)(H,23,24). The van der Waals surface area contributed by atoms with Gasteiger partial charge in [-0.15, -0.1) is 0 Å². The zero-order chi connectivity index (χ0) is 19.6. The van der Waals surface area contributed by atoms with Gasteiger partial charge in [-0.05, 0) is 29.3 Å². The molecule has 0 spiro atoms. The van der Waals surface area contributed by atoms with E-state index in [1.54, 1.807) is 26.2 Å². The van der Waals surface area contributed by atoms with Crippen molar-refractivity contribution < 1.29 is 19.1 Å². The first-order valence-electron chi connectivity index (χ1n) is 8.61. The maximum Gasteiger partial charge on any atom is 0.225 e. The van der Waals surface area contributed by atoms with Gasteiger partial charge < -0.3 is 20.1 Å². The number of nitrogens with one attached hydrogen (secondary N) is 2. The van der Waals surface area contributed by atoms with Crippen molar-refractivity contribution in [3.8, 4) is 11.5 Å². The minimum atomic E-state index is -0.194. The van der Waals surface area contributed by atoms with Gasteiger partial charge in [0.15, 0.2) is 0 Å². The van der Waals surface area contributed by atoms with Gasteiger partial charge in [0.05, 0.1) is 24.9 Å². The maximum atomic E-state index is 12.2. The lowest BCUT2D eigenvalue weighted by atomic mass is 9.84. The number of benzene rings is 2. The molecule has 7 heteroatoms. The largest absolute Gasteiger partial charge is 0.495 e. The summed E-state index contributed by atoms with van der Waals surface area (Å²) in [5.41, 5.74) is 3.02. The number of methoxy groups -OCH3 is 2. The maximum absolute atomic E-state index is 12.2. The van der Waals surface area contributed by atoms with Gasteiger partial charge in [-0.2, -0.15) is 0 Å². The third-order valence-electron chi connectivity index (χ3n) is 4.58. The van der Waals surface area contributed by atoms with E-state index in [4.69, 9.17) is 21.1 Å². The zero-order valence-electron chi connectivity index (χ0n) is 15.4. The zero-order valence-corrected chi connectivity index (χ0v) is 16.1. The SMILES string of the molecule is CCC(=O)Nc1cc2c(cc1OC)NC(=O)CC2c1ccc(OC)c(Cl)c1.